The highest BCUT2D eigenvalue weighted by Crippen LogP contribution is 2.14. The molecule has 0 saturated carbocycles. The van der Waals surface area contributed by atoms with Crippen molar-refractivity contribution in [1.29, 1.82) is 0 Å². The highest BCUT2D eigenvalue weighted by Gasteiger charge is 2.19. The Hall–Kier alpha value is -0.970. The maximum atomic E-state index is 13.4. The van der Waals surface area contributed by atoms with Gasteiger partial charge < -0.3 is 15.2 Å². The zero-order chi connectivity index (χ0) is 10.7. The van der Waals surface area contributed by atoms with E-state index in [1.54, 1.807) is 6.07 Å². The number of hydrogen-bond acceptors (Lipinski definition) is 3. The summed E-state index contributed by atoms with van der Waals surface area (Å²) < 4.78 is 23.8. The van der Waals surface area contributed by atoms with Gasteiger partial charge in [0, 0.05) is 12.1 Å². The number of rotatable bonds is 4. The molecule has 2 rings (SSSR count). The number of ether oxygens (including phenoxy) is 2. The Morgan fingerprint density at radius 3 is 2.80 bits per heavy atom. The third-order valence-corrected chi connectivity index (χ3v) is 2.44. The molecular weight excluding hydrogens is 197 g/mol. The van der Waals surface area contributed by atoms with Gasteiger partial charge in [-0.25, -0.2) is 4.39 Å². The molecule has 0 unspecified atom stereocenters. The Morgan fingerprint density at radius 1 is 1.47 bits per heavy atom. The minimum absolute atomic E-state index is 0.124. The van der Waals surface area contributed by atoms with E-state index in [9.17, 15) is 4.39 Å². The van der Waals surface area contributed by atoms with Crippen LogP contribution in [-0.4, -0.2) is 19.3 Å². The second-order valence-electron chi connectivity index (χ2n) is 3.60. The molecule has 0 bridgehead atoms. The predicted octanol–water partition coefficient (Wildman–Crippen LogP) is 1.20. The molecule has 1 aliphatic heterocycles. The van der Waals surface area contributed by atoms with Crippen molar-refractivity contribution in [2.45, 2.75) is 19.3 Å². The number of hydrogen-bond donors (Lipinski definition) is 1. The minimum atomic E-state index is -0.252. The van der Waals surface area contributed by atoms with Crippen molar-refractivity contribution in [3.8, 4) is 0 Å². The standard InChI is InChI=1S/C11H14FNO2/c12-11-3-8(4-13)1-2-9(11)5-15-10-6-14-7-10/h1-3,10H,4-7,13H2. The lowest BCUT2D eigenvalue weighted by Gasteiger charge is -2.26. The summed E-state index contributed by atoms with van der Waals surface area (Å²) in [5.74, 6) is -0.252. The molecule has 1 fully saturated rings. The van der Waals surface area contributed by atoms with Crippen molar-refractivity contribution in [3.63, 3.8) is 0 Å². The first kappa shape index (κ1) is 10.5. The number of halogens is 1. The maximum absolute atomic E-state index is 13.4. The molecule has 0 spiro atoms. The van der Waals surface area contributed by atoms with Gasteiger partial charge in [-0.3, -0.25) is 0 Å². The van der Waals surface area contributed by atoms with Crippen molar-refractivity contribution in [3.05, 3.63) is 35.1 Å². The Bertz CT molecular complexity index is 339. The first-order chi connectivity index (χ1) is 7.29. The molecule has 0 radical (unpaired) electrons. The highest BCUT2D eigenvalue weighted by atomic mass is 19.1. The topological polar surface area (TPSA) is 44.5 Å². The van der Waals surface area contributed by atoms with Gasteiger partial charge in [0.2, 0.25) is 0 Å². The van der Waals surface area contributed by atoms with E-state index >= 15 is 0 Å². The lowest BCUT2D eigenvalue weighted by Crippen LogP contribution is -2.35. The molecule has 1 aromatic rings. The average Bonchev–Trinajstić information content (AvgIpc) is 2.18. The van der Waals surface area contributed by atoms with Crippen LogP contribution < -0.4 is 5.73 Å². The summed E-state index contributed by atoms with van der Waals surface area (Å²) in [4.78, 5) is 0. The molecule has 15 heavy (non-hydrogen) atoms. The lowest BCUT2D eigenvalue weighted by molar-refractivity contribution is -0.135. The van der Waals surface area contributed by atoms with E-state index in [4.69, 9.17) is 15.2 Å². The van der Waals surface area contributed by atoms with Gasteiger partial charge in [-0.1, -0.05) is 12.1 Å². The van der Waals surface area contributed by atoms with Crippen molar-refractivity contribution < 1.29 is 13.9 Å². The van der Waals surface area contributed by atoms with Gasteiger partial charge in [-0.2, -0.15) is 0 Å². The van der Waals surface area contributed by atoms with Crippen LogP contribution in [-0.2, 0) is 22.6 Å². The smallest absolute Gasteiger partial charge is 0.129 e. The van der Waals surface area contributed by atoms with Crippen molar-refractivity contribution in [2.24, 2.45) is 5.73 Å². The number of benzene rings is 1. The van der Waals surface area contributed by atoms with E-state index in [0.29, 0.717) is 31.9 Å². The van der Waals surface area contributed by atoms with E-state index in [2.05, 4.69) is 0 Å². The SMILES string of the molecule is NCc1ccc(COC2COC2)c(F)c1. The zero-order valence-electron chi connectivity index (χ0n) is 8.41. The van der Waals surface area contributed by atoms with Crippen molar-refractivity contribution in [2.75, 3.05) is 13.2 Å². The lowest BCUT2D eigenvalue weighted by atomic mass is 10.1. The summed E-state index contributed by atoms with van der Waals surface area (Å²) in [7, 11) is 0. The first-order valence-electron chi connectivity index (χ1n) is 4.96. The van der Waals surface area contributed by atoms with Crippen LogP contribution in [0.2, 0.25) is 0 Å². The minimum Gasteiger partial charge on any atom is -0.376 e. The third-order valence-electron chi connectivity index (χ3n) is 2.44. The summed E-state index contributed by atoms with van der Waals surface area (Å²) >= 11 is 0. The monoisotopic (exact) mass is 211 g/mol. The molecule has 1 aromatic carbocycles. The Kier molecular flexibility index (Phi) is 3.30. The zero-order valence-corrected chi connectivity index (χ0v) is 8.41. The fourth-order valence-electron chi connectivity index (χ4n) is 1.35. The van der Waals surface area contributed by atoms with Gasteiger partial charge in [-0.15, -0.1) is 0 Å². The van der Waals surface area contributed by atoms with Crippen LogP contribution in [0, 0.1) is 5.82 Å². The average molecular weight is 211 g/mol. The van der Waals surface area contributed by atoms with E-state index in [1.807, 2.05) is 6.07 Å². The predicted molar refractivity (Wildman–Crippen MR) is 53.7 cm³/mol. The van der Waals surface area contributed by atoms with E-state index < -0.39 is 0 Å². The van der Waals surface area contributed by atoms with Gasteiger partial charge >= 0.3 is 0 Å². The normalized spacial score (nSPS) is 16.4. The Morgan fingerprint density at radius 2 is 2.27 bits per heavy atom. The van der Waals surface area contributed by atoms with Crippen molar-refractivity contribution in [1.82, 2.24) is 0 Å². The maximum Gasteiger partial charge on any atom is 0.129 e. The number of nitrogens with two attached hydrogens (primary N) is 1. The second-order valence-corrected chi connectivity index (χ2v) is 3.60. The summed E-state index contributed by atoms with van der Waals surface area (Å²) in [6.07, 6.45) is 0.124. The summed E-state index contributed by atoms with van der Waals surface area (Å²) in [5, 5.41) is 0. The van der Waals surface area contributed by atoms with Crippen LogP contribution in [0.4, 0.5) is 4.39 Å². The molecule has 2 N–H and O–H groups in total. The molecule has 82 valence electrons. The van der Waals surface area contributed by atoms with Crippen LogP contribution >= 0.6 is 0 Å². The highest BCUT2D eigenvalue weighted by molar-refractivity contribution is 5.23. The summed E-state index contributed by atoms with van der Waals surface area (Å²) in [5.41, 5.74) is 6.77. The van der Waals surface area contributed by atoms with Gasteiger partial charge in [0.05, 0.1) is 19.8 Å². The third kappa shape index (κ3) is 2.53. The van der Waals surface area contributed by atoms with Gasteiger partial charge in [0.25, 0.3) is 0 Å². The Balaban J connectivity index is 1.95. The Labute approximate surface area is 88.0 Å². The van der Waals surface area contributed by atoms with Crippen LogP contribution in [0.15, 0.2) is 18.2 Å². The molecule has 0 aromatic heterocycles. The van der Waals surface area contributed by atoms with Crippen LogP contribution in [0.3, 0.4) is 0 Å². The van der Waals surface area contributed by atoms with E-state index in [0.717, 1.165) is 5.56 Å². The van der Waals surface area contributed by atoms with Gasteiger partial charge in [0.15, 0.2) is 0 Å². The molecule has 1 saturated heterocycles. The molecule has 1 heterocycles. The molecule has 4 heteroatoms. The molecule has 0 aliphatic carbocycles. The fourth-order valence-corrected chi connectivity index (χ4v) is 1.35. The van der Waals surface area contributed by atoms with Crippen LogP contribution in [0.1, 0.15) is 11.1 Å². The van der Waals surface area contributed by atoms with Gasteiger partial charge in [0.1, 0.15) is 11.9 Å². The summed E-state index contributed by atoms with van der Waals surface area (Å²) in [6, 6.07) is 4.99. The van der Waals surface area contributed by atoms with Crippen molar-refractivity contribution >= 4 is 0 Å². The summed E-state index contributed by atoms with van der Waals surface area (Å²) in [6.45, 7) is 1.88. The second kappa shape index (κ2) is 4.70. The largest absolute Gasteiger partial charge is 0.376 e. The van der Waals surface area contributed by atoms with Crippen LogP contribution in [0.5, 0.6) is 0 Å². The van der Waals surface area contributed by atoms with Crippen LogP contribution in [0.25, 0.3) is 0 Å². The molecule has 0 atom stereocenters. The molecular formula is C11H14FNO2. The molecule has 0 amide bonds. The van der Waals surface area contributed by atoms with Gasteiger partial charge in [-0.05, 0) is 11.6 Å². The van der Waals surface area contributed by atoms with E-state index in [1.165, 1.54) is 6.07 Å². The van der Waals surface area contributed by atoms with E-state index in [-0.39, 0.29) is 11.9 Å². The molecule has 3 nitrogen and oxygen atoms in total. The molecule has 1 aliphatic rings. The quantitative estimate of drug-likeness (QED) is 0.813. The fraction of sp³-hybridized carbons (Fsp3) is 0.455. The first-order valence-corrected chi connectivity index (χ1v) is 4.96.